The van der Waals surface area contributed by atoms with Crippen molar-refractivity contribution in [1.29, 1.82) is 0 Å². The molecule has 1 heterocycles. The molecule has 0 bridgehead atoms. The van der Waals surface area contributed by atoms with Gasteiger partial charge in [0.25, 0.3) is 0 Å². The van der Waals surface area contributed by atoms with Crippen LogP contribution in [0.2, 0.25) is 5.02 Å². The van der Waals surface area contributed by atoms with Crippen LogP contribution in [0.1, 0.15) is 88.2 Å². The molecule has 0 spiro atoms. The summed E-state index contributed by atoms with van der Waals surface area (Å²) in [6.07, 6.45) is 11.3. The molecule has 5 rings (SSSR count). The quantitative estimate of drug-likeness (QED) is 0.339. The van der Waals surface area contributed by atoms with Crippen molar-refractivity contribution in [2.75, 3.05) is 27.2 Å². The van der Waals surface area contributed by atoms with Crippen LogP contribution in [-0.2, 0) is 11.2 Å². The summed E-state index contributed by atoms with van der Waals surface area (Å²) in [5, 5.41) is 14.2. The third-order valence-corrected chi connectivity index (χ3v) is 10.5. The Balaban J connectivity index is 1.26. The smallest absolute Gasteiger partial charge is 0.319 e. The number of benzene rings is 2. The number of carbonyl (C=O) groups excluding carboxylic acids is 2. The highest BCUT2D eigenvalue weighted by Gasteiger charge is 2.40. The summed E-state index contributed by atoms with van der Waals surface area (Å²) >= 11 is 6.18. The van der Waals surface area contributed by atoms with Crippen LogP contribution in [0, 0.1) is 5.92 Å². The lowest BCUT2D eigenvalue weighted by Gasteiger charge is -2.48. The molecule has 7 nitrogen and oxygen atoms in total. The zero-order chi connectivity index (χ0) is 31.2. The van der Waals surface area contributed by atoms with Gasteiger partial charge in [0.1, 0.15) is 5.75 Å². The Morgan fingerprint density at radius 3 is 2.20 bits per heavy atom. The highest BCUT2D eigenvalue weighted by Crippen LogP contribution is 2.35. The average molecular weight is 623 g/mol. The van der Waals surface area contributed by atoms with Gasteiger partial charge in [-0.05, 0) is 98.6 Å². The second-order valence-electron chi connectivity index (χ2n) is 13.7. The fraction of sp³-hybridized carbons (Fsp3) is 0.611. The summed E-state index contributed by atoms with van der Waals surface area (Å²) in [7, 11) is 3.71. The van der Waals surface area contributed by atoms with E-state index in [2.05, 4.69) is 22.0 Å². The number of nitrogens with one attached hydrogen (secondary N) is 1. The van der Waals surface area contributed by atoms with E-state index >= 15 is 0 Å². The van der Waals surface area contributed by atoms with Gasteiger partial charge < -0.3 is 25.1 Å². The lowest BCUT2D eigenvalue weighted by atomic mass is 9.81. The summed E-state index contributed by atoms with van der Waals surface area (Å²) in [5.74, 6) is 1.15. The summed E-state index contributed by atoms with van der Waals surface area (Å²) in [4.78, 5) is 33.6. The maximum Gasteiger partial charge on any atom is 0.319 e. The minimum Gasteiger partial charge on any atom is -0.508 e. The molecule has 3 amide bonds. The number of halogens is 1. The molecule has 8 heteroatoms. The molecule has 1 aliphatic heterocycles. The summed E-state index contributed by atoms with van der Waals surface area (Å²) in [5.41, 5.74) is 2.38. The van der Waals surface area contributed by atoms with Gasteiger partial charge in [-0.15, -0.1) is 0 Å². The Morgan fingerprint density at radius 2 is 1.59 bits per heavy atom. The van der Waals surface area contributed by atoms with Crippen LogP contribution in [0.3, 0.4) is 0 Å². The zero-order valence-corrected chi connectivity index (χ0v) is 27.5. The van der Waals surface area contributed by atoms with Crippen LogP contribution in [0.15, 0.2) is 48.5 Å². The largest absolute Gasteiger partial charge is 0.508 e. The SMILES string of the molecule is CC1CN(C(=O)[C@@H](Cc2ccc(Cl)cc2)N[C@H]2CC[C@H](c3ccc(O)cc3)CC2)CCC1N(C(=O)N(C)C)C1CCCCC1. The maximum atomic E-state index is 14.3. The van der Waals surface area contributed by atoms with Crippen LogP contribution < -0.4 is 5.32 Å². The number of rotatable bonds is 8. The molecule has 44 heavy (non-hydrogen) atoms. The van der Waals surface area contributed by atoms with Gasteiger partial charge in [0.2, 0.25) is 5.91 Å². The second kappa shape index (κ2) is 15.0. The Bertz CT molecular complexity index is 1220. The monoisotopic (exact) mass is 622 g/mol. The number of nitrogens with zero attached hydrogens (tertiary/aromatic N) is 3. The maximum absolute atomic E-state index is 14.3. The van der Waals surface area contributed by atoms with E-state index in [1.165, 1.54) is 24.8 Å². The Hall–Kier alpha value is -2.77. The van der Waals surface area contributed by atoms with Gasteiger partial charge in [-0.1, -0.05) is 62.1 Å². The number of phenols is 1. The van der Waals surface area contributed by atoms with Gasteiger partial charge in [-0.25, -0.2) is 4.79 Å². The number of piperidine rings is 1. The highest BCUT2D eigenvalue weighted by atomic mass is 35.5. The topological polar surface area (TPSA) is 76.1 Å². The van der Waals surface area contributed by atoms with E-state index in [1.807, 2.05) is 50.5 Å². The number of likely N-dealkylation sites (tertiary alicyclic amines) is 1. The Kier molecular flexibility index (Phi) is 11.1. The molecule has 240 valence electrons. The van der Waals surface area contributed by atoms with E-state index in [0.717, 1.165) is 50.5 Å². The zero-order valence-electron chi connectivity index (χ0n) is 26.8. The van der Waals surface area contributed by atoms with E-state index in [0.29, 0.717) is 42.2 Å². The summed E-state index contributed by atoms with van der Waals surface area (Å²) in [6, 6.07) is 16.0. The molecular formula is C36H51ClN4O3. The van der Waals surface area contributed by atoms with Crippen molar-refractivity contribution >= 4 is 23.5 Å². The standard InChI is InChI=1S/C36H51ClN4O3/c1-25-24-40(22-21-34(25)41(36(44)39(2)3)31-7-5-4-6-8-31)35(43)33(23-26-9-15-29(37)16-10-26)38-30-17-11-27(12-18-30)28-13-19-32(42)20-14-28/h9-10,13-16,19-20,25,27,30-31,33-34,38,42H,4-8,11-12,17-18,21-24H2,1-3H3/t25?,27-,30-,33-,34?/m1/s1. The predicted molar refractivity (Wildman–Crippen MR) is 177 cm³/mol. The molecule has 3 fully saturated rings. The molecular weight excluding hydrogens is 572 g/mol. The minimum atomic E-state index is -0.312. The fourth-order valence-corrected chi connectivity index (χ4v) is 7.95. The van der Waals surface area contributed by atoms with E-state index < -0.39 is 0 Å². The van der Waals surface area contributed by atoms with Gasteiger partial charge in [0, 0.05) is 50.3 Å². The lowest BCUT2D eigenvalue weighted by molar-refractivity contribution is -0.136. The molecule has 2 unspecified atom stereocenters. The number of hydrogen-bond donors (Lipinski definition) is 2. The number of carbonyl (C=O) groups is 2. The number of phenolic OH excluding ortho intramolecular Hbond substituents is 1. The number of amides is 3. The van der Waals surface area contributed by atoms with E-state index in [1.54, 1.807) is 17.0 Å². The Labute approximate surface area is 268 Å². The normalized spacial score (nSPS) is 25.3. The van der Waals surface area contributed by atoms with Gasteiger partial charge in [-0.3, -0.25) is 4.79 Å². The van der Waals surface area contributed by atoms with Crippen LogP contribution >= 0.6 is 11.6 Å². The van der Waals surface area contributed by atoms with Crippen molar-refractivity contribution in [3.8, 4) is 5.75 Å². The molecule has 2 saturated carbocycles. The van der Waals surface area contributed by atoms with E-state index in [-0.39, 0.29) is 36.0 Å². The third-order valence-electron chi connectivity index (χ3n) is 10.3. The van der Waals surface area contributed by atoms with Crippen LogP contribution in [0.25, 0.3) is 0 Å². The molecule has 2 aliphatic carbocycles. The first-order valence-corrected chi connectivity index (χ1v) is 17.1. The number of aromatic hydroxyl groups is 1. The first kappa shape index (κ1) is 32.6. The van der Waals surface area contributed by atoms with Gasteiger partial charge in [0.15, 0.2) is 0 Å². The number of urea groups is 1. The van der Waals surface area contributed by atoms with Crippen LogP contribution in [0.4, 0.5) is 4.79 Å². The van der Waals surface area contributed by atoms with Gasteiger partial charge in [0.05, 0.1) is 6.04 Å². The van der Waals surface area contributed by atoms with Crippen LogP contribution in [0.5, 0.6) is 5.75 Å². The number of hydrogen-bond acceptors (Lipinski definition) is 4. The molecule has 3 aliphatic rings. The van der Waals surface area contributed by atoms with Crippen molar-refractivity contribution in [1.82, 2.24) is 20.0 Å². The molecule has 1 saturated heterocycles. The molecule has 2 aromatic rings. The highest BCUT2D eigenvalue weighted by molar-refractivity contribution is 6.30. The minimum absolute atomic E-state index is 0.110. The van der Waals surface area contributed by atoms with E-state index in [9.17, 15) is 14.7 Å². The summed E-state index contributed by atoms with van der Waals surface area (Å²) < 4.78 is 0. The first-order valence-electron chi connectivity index (χ1n) is 16.8. The van der Waals surface area contributed by atoms with Crippen molar-refractivity contribution in [2.45, 2.75) is 108 Å². The van der Waals surface area contributed by atoms with Crippen molar-refractivity contribution in [2.24, 2.45) is 5.92 Å². The molecule has 2 aromatic carbocycles. The second-order valence-corrected chi connectivity index (χ2v) is 14.1. The predicted octanol–water partition coefficient (Wildman–Crippen LogP) is 6.83. The van der Waals surface area contributed by atoms with Crippen LogP contribution in [-0.4, -0.2) is 83.1 Å². The van der Waals surface area contributed by atoms with Gasteiger partial charge in [-0.2, -0.15) is 0 Å². The average Bonchev–Trinajstić information content (AvgIpc) is 3.03. The van der Waals surface area contributed by atoms with Gasteiger partial charge >= 0.3 is 6.03 Å². The fourth-order valence-electron chi connectivity index (χ4n) is 7.82. The molecule has 0 radical (unpaired) electrons. The third kappa shape index (κ3) is 8.08. The van der Waals surface area contributed by atoms with Crippen molar-refractivity contribution in [3.05, 3.63) is 64.7 Å². The Morgan fingerprint density at radius 1 is 0.932 bits per heavy atom. The molecule has 0 aromatic heterocycles. The van der Waals surface area contributed by atoms with Crippen molar-refractivity contribution < 1.29 is 14.7 Å². The molecule has 2 N–H and O–H groups in total. The van der Waals surface area contributed by atoms with Crippen molar-refractivity contribution in [3.63, 3.8) is 0 Å². The first-order chi connectivity index (χ1) is 21.2. The summed E-state index contributed by atoms with van der Waals surface area (Å²) in [6.45, 7) is 3.55. The lowest BCUT2D eigenvalue weighted by Crippen LogP contribution is -2.60. The molecule has 3 atom stereocenters. The van der Waals surface area contributed by atoms with E-state index in [4.69, 9.17) is 11.6 Å².